The summed E-state index contributed by atoms with van der Waals surface area (Å²) in [4.78, 5) is 0. The first-order valence-electron chi connectivity index (χ1n) is 7.76. The summed E-state index contributed by atoms with van der Waals surface area (Å²) < 4.78 is 0. The molecular formula is C22H14Cl2. The fourth-order valence-electron chi connectivity index (χ4n) is 3.07. The largest absolute Gasteiger partial charge is 0.0843 e. The first-order valence-corrected chi connectivity index (χ1v) is 8.51. The Kier molecular flexibility index (Phi) is 4.02. The highest BCUT2D eigenvalue weighted by molar-refractivity contribution is 6.31. The molecule has 0 atom stereocenters. The molecule has 0 radical (unpaired) electrons. The summed E-state index contributed by atoms with van der Waals surface area (Å²) in [5, 5.41) is 3.96. The van der Waals surface area contributed by atoms with E-state index >= 15 is 0 Å². The minimum absolute atomic E-state index is 0.751. The van der Waals surface area contributed by atoms with E-state index in [4.69, 9.17) is 23.2 Å². The number of fused-ring (bicyclic) bond motifs is 1. The molecule has 2 heteroatoms. The second-order valence-electron chi connectivity index (χ2n) is 5.72. The highest BCUT2D eigenvalue weighted by Crippen LogP contribution is 2.35. The molecule has 4 aromatic rings. The molecule has 0 aliphatic heterocycles. The molecule has 4 aromatic carbocycles. The standard InChI is InChI=1S/C22H14Cl2/c23-17-11-7-15(8-12-17)19-3-1-5-21-20(4-2-6-22(19)21)16-9-13-18(24)14-10-16/h1-14H. The molecule has 0 aromatic heterocycles. The van der Waals surface area contributed by atoms with Gasteiger partial charge in [-0.15, -0.1) is 0 Å². The lowest BCUT2D eigenvalue weighted by Gasteiger charge is -2.11. The fourth-order valence-corrected chi connectivity index (χ4v) is 3.32. The average Bonchev–Trinajstić information content (AvgIpc) is 2.62. The molecule has 0 heterocycles. The molecule has 0 saturated carbocycles. The van der Waals surface area contributed by atoms with Crippen molar-refractivity contribution in [2.75, 3.05) is 0 Å². The van der Waals surface area contributed by atoms with Crippen molar-refractivity contribution in [2.45, 2.75) is 0 Å². The van der Waals surface area contributed by atoms with Gasteiger partial charge in [-0.2, -0.15) is 0 Å². The van der Waals surface area contributed by atoms with Crippen LogP contribution in [0.4, 0.5) is 0 Å². The van der Waals surface area contributed by atoms with Crippen molar-refractivity contribution in [2.24, 2.45) is 0 Å². The van der Waals surface area contributed by atoms with Gasteiger partial charge in [0, 0.05) is 10.0 Å². The maximum atomic E-state index is 6.02. The Labute approximate surface area is 151 Å². The summed E-state index contributed by atoms with van der Waals surface area (Å²) in [5.41, 5.74) is 4.75. The minimum atomic E-state index is 0.751. The highest BCUT2D eigenvalue weighted by atomic mass is 35.5. The van der Waals surface area contributed by atoms with Gasteiger partial charge in [-0.1, -0.05) is 83.9 Å². The molecule has 0 bridgehead atoms. The van der Waals surface area contributed by atoms with Gasteiger partial charge in [0.15, 0.2) is 0 Å². The van der Waals surface area contributed by atoms with Crippen molar-refractivity contribution in [1.82, 2.24) is 0 Å². The van der Waals surface area contributed by atoms with Gasteiger partial charge in [-0.05, 0) is 57.3 Å². The predicted octanol–water partition coefficient (Wildman–Crippen LogP) is 7.48. The van der Waals surface area contributed by atoms with Gasteiger partial charge in [0.2, 0.25) is 0 Å². The maximum absolute atomic E-state index is 6.02. The van der Waals surface area contributed by atoms with Crippen LogP contribution in [0.25, 0.3) is 33.0 Å². The average molecular weight is 349 g/mol. The van der Waals surface area contributed by atoms with Crippen LogP contribution in [0.2, 0.25) is 10.0 Å². The van der Waals surface area contributed by atoms with Gasteiger partial charge in [0.25, 0.3) is 0 Å². The van der Waals surface area contributed by atoms with Crippen LogP contribution in [0.1, 0.15) is 0 Å². The van der Waals surface area contributed by atoms with Crippen molar-refractivity contribution < 1.29 is 0 Å². The van der Waals surface area contributed by atoms with Gasteiger partial charge in [0.05, 0.1) is 0 Å². The number of benzene rings is 4. The molecule has 0 aliphatic carbocycles. The molecule has 4 rings (SSSR count). The van der Waals surface area contributed by atoms with E-state index in [1.807, 2.05) is 24.3 Å². The van der Waals surface area contributed by atoms with Crippen molar-refractivity contribution >= 4 is 34.0 Å². The van der Waals surface area contributed by atoms with Crippen LogP contribution >= 0.6 is 23.2 Å². The van der Waals surface area contributed by atoms with Crippen molar-refractivity contribution in [1.29, 1.82) is 0 Å². The van der Waals surface area contributed by atoms with Crippen molar-refractivity contribution in [3.63, 3.8) is 0 Å². The van der Waals surface area contributed by atoms with Crippen LogP contribution in [0.3, 0.4) is 0 Å². The Morgan fingerprint density at radius 3 is 1.17 bits per heavy atom. The minimum Gasteiger partial charge on any atom is -0.0843 e. The maximum Gasteiger partial charge on any atom is 0.0406 e. The lowest BCUT2D eigenvalue weighted by Crippen LogP contribution is -1.85. The molecule has 0 amide bonds. The summed E-state index contributed by atoms with van der Waals surface area (Å²) in [6, 6.07) is 28.8. The molecule has 0 unspecified atom stereocenters. The molecule has 0 fully saturated rings. The SMILES string of the molecule is Clc1ccc(-c2cccc3c(-c4ccc(Cl)cc4)cccc23)cc1. The van der Waals surface area contributed by atoms with Crippen molar-refractivity contribution in [3.05, 3.63) is 95.0 Å². The fraction of sp³-hybridized carbons (Fsp3) is 0. The first-order chi connectivity index (χ1) is 11.7. The third-order valence-corrected chi connectivity index (χ3v) is 4.74. The number of rotatable bonds is 2. The molecule has 0 spiro atoms. The van der Waals surface area contributed by atoms with Crippen LogP contribution in [0.5, 0.6) is 0 Å². The number of hydrogen-bond donors (Lipinski definition) is 0. The van der Waals surface area contributed by atoms with Crippen molar-refractivity contribution in [3.8, 4) is 22.3 Å². The van der Waals surface area contributed by atoms with E-state index in [1.54, 1.807) is 0 Å². The summed E-state index contributed by atoms with van der Waals surface area (Å²) in [6.45, 7) is 0. The van der Waals surface area contributed by atoms with Crippen LogP contribution in [0, 0.1) is 0 Å². The predicted molar refractivity (Wildman–Crippen MR) is 105 cm³/mol. The molecule has 0 aliphatic rings. The summed E-state index contributed by atoms with van der Waals surface area (Å²) >= 11 is 12.0. The van der Waals surface area contributed by atoms with Crippen LogP contribution < -0.4 is 0 Å². The molecule has 0 N–H and O–H groups in total. The van der Waals surface area contributed by atoms with E-state index in [0.29, 0.717) is 0 Å². The lowest BCUT2D eigenvalue weighted by molar-refractivity contribution is 1.63. The van der Waals surface area contributed by atoms with E-state index in [9.17, 15) is 0 Å². The van der Waals surface area contributed by atoms with E-state index in [2.05, 4.69) is 60.7 Å². The van der Waals surface area contributed by atoms with Crippen LogP contribution in [-0.2, 0) is 0 Å². The smallest absolute Gasteiger partial charge is 0.0406 e. The van der Waals surface area contributed by atoms with E-state index in [0.717, 1.165) is 10.0 Å². The Bertz CT molecular complexity index is 915. The molecule has 24 heavy (non-hydrogen) atoms. The van der Waals surface area contributed by atoms with Gasteiger partial charge >= 0.3 is 0 Å². The lowest BCUT2D eigenvalue weighted by atomic mass is 9.93. The van der Waals surface area contributed by atoms with Crippen LogP contribution in [0.15, 0.2) is 84.9 Å². The quantitative estimate of drug-likeness (QED) is 0.352. The third kappa shape index (κ3) is 2.80. The Balaban J connectivity index is 1.94. The number of halogens is 2. The third-order valence-electron chi connectivity index (χ3n) is 4.23. The van der Waals surface area contributed by atoms with Gasteiger partial charge in [-0.25, -0.2) is 0 Å². The molecule has 0 nitrogen and oxygen atoms in total. The van der Waals surface area contributed by atoms with Gasteiger partial charge in [0.1, 0.15) is 0 Å². The first kappa shape index (κ1) is 15.3. The second-order valence-corrected chi connectivity index (χ2v) is 6.59. The Morgan fingerprint density at radius 2 is 0.792 bits per heavy atom. The Morgan fingerprint density at radius 1 is 0.417 bits per heavy atom. The van der Waals surface area contributed by atoms with Crippen LogP contribution in [-0.4, -0.2) is 0 Å². The number of hydrogen-bond acceptors (Lipinski definition) is 0. The Hall–Kier alpha value is -2.28. The van der Waals surface area contributed by atoms with E-state index in [-0.39, 0.29) is 0 Å². The van der Waals surface area contributed by atoms with E-state index < -0.39 is 0 Å². The zero-order valence-electron chi connectivity index (χ0n) is 12.8. The molecule has 0 saturated heterocycles. The zero-order chi connectivity index (χ0) is 16.5. The molecule has 116 valence electrons. The highest BCUT2D eigenvalue weighted by Gasteiger charge is 2.08. The van der Waals surface area contributed by atoms with Gasteiger partial charge < -0.3 is 0 Å². The van der Waals surface area contributed by atoms with Gasteiger partial charge in [-0.3, -0.25) is 0 Å². The summed E-state index contributed by atoms with van der Waals surface area (Å²) in [6.07, 6.45) is 0. The second kappa shape index (κ2) is 6.32. The molecular weight excluding hydrogens is 335 g/mol. The summed E-state index contributed by atoms with van der Waals surface area (Å²) in [7, 11) is 0. The van der Waals surface area contributed by atoms with E-state index in [1.165, 1.54) is 33.0 Å². The summed E-state index contributed by atoms with van der Waals surface area (Å²) in [5.74, 6) is 0. The monoisotopic (exact) mass is 348 g/mol. The normalized spacial score (nSPS) is 10.9. The topological polar surface area (TPSA) is 0 Å². The zero-order valence-corrected chi connectivity index (χ0v) is 14.4.